The SMILES string of the molecule is CCCCOC(=O)CN(C)C(=N)NC(=O)OC(OC(=O)CCc1ccccc1)C(C)C. The maximum Gasteiger partial charge on any atom is 0.417 e. The first-order valence-electron chi connectivity index (χ1n) is 10.4. The molecular formula is C22H33N3O6. The van der Waals surface area contributed by atoms with Gasteiger partial charge in [-0.1, -0.05) is 57.5 Å². The highest BCUT2D eigenvalue weighted by molar-refractivity contribution is 5.93. The van der Waals surface area contributed by atoms with Crippen LogP contribution >= 0.6 is 0 Å². The van der Waals surface area contributed by atoms with Crippen molar-refractivity contribution in [3.8, 4) is 0 Å². The van der Waals surface area contributed by atoms with E-state index in [1.807, 2.05) is 37.3 Å². The van der Waals surface area contributed by atoms with E-state index >= 15 is 0 Å². The number of unbranched alkanes of at least 4 members (excludes halogenated alkanes) is 1. The summed E-state index contributed by atoms with van der Waals surface area (Å²) in [4.78, 5) is 37.2. The predicted octanol–water partition coefficient (Wildman–Crippen LogP) is 3.08. The molecule has 0 spiro atoms. The summed E-state index contributed by atoms with van der Waals surface area (Å²) < 4.78 is 15.5. The molecular weight excluding hydrogens is 402 g/mol. The van der Waals surface area contributed by atoms with Gasteiger partial charge in [0.2, 0.25) is 5.96 Å². The van der Waals surface area contributed by atoms with Crippen molar-refractivity contribution in [2.45, 2.75) is 52.7 Å². The van der Waals surface area contributed by atoms with Gasteiger partial charge in [0.1, 0.15) is 6.54 Å². The number of amides is 1. The molecule has 0 fully saturated rings. The lowest BCUT2D eigenvalue weighted by molar-refractivity contribution is -0.174. The average Bonchev–Trinajstić information content (AvgIpc) is 2.72. The summed E-state index contributed by atoms with van der Waals surface area (Å²) in [6, 6.07) is 9.51. The number of rotatable bonds is 11. The summed E-state index contributed by atoms with van der Waals surface area (Å²) in [7, 11) is 1.47. The van der Waals surface area contributed by atoms with Gasteiger partial charge in [-0.25, -0.2) is 4.79 Å². The standard InChI is InChI=1S/C22H33N3O6/c1-5-6-14-29-19(27)15-25(4)21(23)24-22(28)31-20(16(2)3)30-18(26)13-12-17-10-8-7-9-11-17/h7-11,16,20H,5-6,12-15H2,1-4H3,(H2,23,24,28). The van der Waals surface area contributed by atoms with E-state index in [2.05, 4.69) is 5.32 Å². The molecule has 0 aliphatic carbocycles. The number of ether oxygens (including phenoxy) is 3. The first kappa shape index (κ1) is 25.9. The van der Waals surface area contributed by atoms with Gasteiger partial charge in [0, 0.05) is 19.4 Å². The van der Waals surface area contributed by atoms with Crippen LogP contribution in [0.4, 0.5) is 4.79 Å². The molecule has 0 saturated heterocycles. The Morgan fingerprint density at radius 1 is 1.10 bits per heavy atom. The van der Waals surface area contributed by atoms with E-state index in [1.54, 1.807) is 13.8 Å². The number of esters is 2. The molecule has 1 unspecified atom stereocenters. The van der Waals surface area contributed by atoms with Gasteiger partial charge in [0.05, 0.1) is 6.61 Å². The monoisotopic (exact) mass is 435 g/mol. The van der Waals surface area contributed by atoms with Gasteiger partial charge in [-0.05, 0) is 18.4 Å². The second kappa shape index (κ2) is 14.0. The maximum absolute atomic E-state index is 12.1. The third-order valence-electron chi connectivity index (χ3n) is 4.21. The topological polar surface area (TPSA) is 118 Å². The number of nitrogens with one attached hydrogen (secondary N) is 2. The minimum absolute atomic E-state index is 0.150. The van der Waals surface area contributed by atoms with Gasteiger partial charge in [-0.3, -0.25) is 20.3 Å². The van der Waals surface area contributed by atoms with Crippen molar-refractivity contribution in [3.05, 3.63) is 35.9 Å². The average molecular weight is 436 g/mol. The van der Waals surface area contributed by atoms with Crippen LogP contribution in [0.2, 0.25) is 0 Å². The second-order valence-corrected chi connectivity index (χ2v) is 7.40. The molecule has 0 aromatic heterocycles. The summed E-state index contributed by atoms with van der Waals surface area (Å²) >= 11 is 0. The Bertz CT molecular complexity index is 723. The Kier molecular flexibility index (Phi) is 11.7. The number of guanidine groups is 1. The Balaban J connectivity index is 2.45. The van der Waals surface area contributed by atoms with E-state index in [9.17, 15) is 14.4 Å². The van der Waals surface area contributed by atoms with Gasteiger partial charge < -0.3 is 19.1 Å². The Morgan fingerprint density at radius 2 is 1.77 bits per heavy atom. The fourth-order valence-corrected chi connectivity index (χ4v) is 2.35. The Morgan fingerprint density at radius 3 is 2.39 bits per heavy atom. The highest BCUT2D eigenvalue weighted by Crippen LogP contribution is 2.11. The minimum atomic E-state index is -1.10. The number of aryl methyl sites for hydroxylation is 1. The van der Waals surface area contributed by atoms with Gasteiger partial charge in [0.25, 0.3) is 6.29 Å². The molecule has 0 bridgehead atoms. The van der Waals surface area contributed by atoms with Crippen LogP contribution < -0.4 is 5.32 Å². The largest absolute Gasteiger partial charge is 0.464 e. The molecule has 0 aliphatic rings. The highest BCUT2D eigenvalue weighted by atomic mass is 16.7. The van der Waals surface area contributed by atoms with Crippen LogP contribution in [0.5, 0.6) is 0 Å². The predicted molar refractivity (Wildman–Crippen MR) is 115 cm³/mol. The van der Waals surface area contributed by atoms with Crippen LogP contribution in [-0.4, -0.2) is 55.4 Å². The van der Waals surface area contributed by atoms with E-state index in [-0.39, 0.29) is 24.8 Å². The van der Waals surface area contributed by atoms with Crippen molar-refractivity contribution in [3.63, 3.8) is 0 Å². The molecule has 1 atom stereocenters. The van der Waals surface area contributed by atoms with Gasteiger partial charge in [0.15, 0.2) is 0 Å². The van der Waals surface area contributed by atoms with Crippen molar-refractivity contribution >= 4 is 24.0 Å². The molecule has 0 aliphatic heterocycles. The molecule has 1 amide bonds. The Labute approximate surface area is 183 Å². The lowest BCUT2D eigenvalue weighted by Gasteiger charge is -2.23. The van der Waals surface area contributed by atoms with Crippen molar-refractivity contribution in [2.24, 2.45) is 5.92 Å². The van der Waals surface area contributed by atoms with E-state index in [1.165, 1.54) is 11.9 Å². The molecule has 0 radical (unpaired) electrons. The molecule has 9 nitrogen and oxygen atoms in total. The smallest absolute Gasteiger partial charge is 0.417 e. The van der Waals surface area contributed by atoms with Gasteiger partial charge in [-0.2, -0.15) is 0 Å². The van der Waals surface area contributed by atoms with Crippen LogP contribution in [0.25, 0.3) is 0 Å². The fraction of sp³-hybridized carbons (Fsp3) is 0.545. The molecule has 1 rings (SSSR count). The summed E-state index contributed by atoms with van der Waals surface area (Å²) in [6.45, 7) is 5.59. The normalized spacial score (nSPS) is 11.4. The van der Waals surface area contributed by atoms with Gasteiger partial charge >= 0.3 is 18.0 Å². The van der Waals surface area contributed by atoms with Crippen molar-refractivity contribution in [1.82, 2.24) is 10.2 Å². The molecule has 172 valence electrons. The Hall–Kier alpha value is -3.10. The summed E-state index contributed by atoms with van der Waals surface area (Å²) in [6.07, 6.45) is 0.279. The van der Waals surface area contributed by atoms with E-state index in [4.69, 9.17) is 19.6 Å². The lowest BCUT2D eigenvalue weighted by atomic mass is 10.1. The van der Waals surface area contributed by atoms with Crippen LogP contribution in [-0.2, 0) is 30.2 Å². The highest BCUT2D eigenvalue weighted by Gasteiger charge is 2.24. The lowest BCUT2D eigenvalue weighted by Crippen LogP contribution is -2.45. The fourth-order valence-electron chi connectivity index (χ4n) is 2.35. The van der Waals surface area contributed by atoms with Crippen molar-refractivity contribution in [1.29, 1.82) is 5.41 Å². The zero-order valence-corrected chi connectivity index (χ0v) is 18.7. The third kappa shape index (κ3) is 11.0. The number of nitrogens with zero attached hydrogens (tertiary/aromatic N) is 1. The van der Waals surface area contributed by atoms with Crippen LogP contribution in [0.3, 0.4) is 0 Å². The molecule has 0 saturated carbocycles. The summed E-state index contributed by atoms with van der Waals surface area (Å²) in [5.41, 5.74) is 1.00. The molecule has 2 N–H and O–H groups in total. The number of benzene rings is 1. The van der Waals surface area contributed by atoms with E-state index < -0.39 is 24.3 Å². The number of carbonyl (C=O) groups excluding carboxylic acids is 3. The molecule has 31 heavy (non-hydrogen) atoms. The van der Waals surface area contributed by atoms with Crippen molar-refractivity contribution < 1.29 is 28.6 Å². The zero-order valence-electron chi connectivity index (χ0n) is 18.7. The van der Waals surface area contributed by atoms with Gasteiger partial charge in [-0.15, -0.1) is 0 Å². The molecule has 1 aromatic rings. The van der Waals surface area contributed by atoms with Crippen LogP contribution in [0.1, 0.15) is 45.6 Å². The summed E-state index contributed by atoms with van der Waals surface area (Å²) in [5.74, 6) is -1.61. The number of carbonyl (C=O) groups is 3. The van der Waals surface area contributed by atoms with E-state index in [0.29, 0.717) is 13.0 Å². The first-order valence-corrected chi connectivity index (χ1v) is 10.4. The second-order valence-electron chi connectivity index (χ2n) is 7.40. The maximum atomic E-state index is 12.1. The van der Waals surface area contributed by atoms with Crippen LogP contribution in [0.15, 0.2) is 30.3 Å². The van der Waals surface area contributed by atoms with Crippen LogP contribution in [0, 0.1) is 11.3 Å². The third-order valence-corrected chi connectivity index (χ3v) is 4.21. The first-order chi connectivity index (χ1) is 14.7. The molecule has 1 aromatic carbocycles. The number of alkyl carbamates (subject to hydrolysis) is 1. The van der Waals surface area contributed by atoms with Crippen molar-refractivity contribution in [2.75, 3.05) is 20.2 Å². The molecule has 0 heterocycles. The quantitative estimate of drug-likeness (QED) is 0.180. The number of hydrogen-bond acceptors (Lipinski definition) is 7. The zero-order chi connectivity index (χ0) is 23.2. The molecule has 9 heteroatoms. The summed E-state index contributed by atoms with van der Waals surface area (Å²) in [5, 5.41) is 10.1. The minimum Gasteiger partial charge on any atom is -0.464 e. The van der Waals surface area contributed by atoms with E-state index in [0.717, 1.165) is 18.4 Å². The number of hydrogen-bond donors (Lipinski definition) is 2. The number of likely N-dealkylation sites (N-methyl/N-ethyl adjacent to an activating group) is 1.